The molecule has 0 saturated heterocycles. The highest BCUT2D eigenvalue weighted by Gasteiger charge is 2.18. The minimum Gasteiger partial charge on any atom is -0.493 e. The Morgan fingerprint density at radius 2 is 1.94 bits per heavy atom. The summed E-state index contributed by atoms with van der Waals surface area (Å²) in [5.74, 6) is 2.71. The van der Waals surface area contributed by atoms with Crippen LogP contribution in [-0.4, -0.2) is 21.1 Å². The average molecular weight is 448 g/mol. The van der Waals surface area contributed by atoms with Crippen LogP contribution in [0.25, 0.3) is 17.3 Å². The molecule has 1 aliphatic carbocycles. The number of rotatable bonds is 7. The molecule has 5 nitrogen and oxygen atoms in total. The Labute approximate surface area is 193 Å². The Hall–Kier alpha value is -3.05. The SMILES string of the molecule is Cc1nccn1-c1nc(-c2ccc(Cl)cc2)c(CCCOc2cccc3c2CCCC3)o1. The topological polar surface area (TPSA) is 53.1 Å². The van der Waals surface area contributed by atoms with Gasteiger partial charge in [-0.15, -0.1) is 0 Å². The number of hydrogen-bond acceptors (Lipinski definition) is 4. The van der Waals surface area contributed by atoms with Gasteiger partial charge in [0.05, 0.1) is 6.61 Å². The van der Waals surface area contributed by atoms with E-state index in [1.165, 1.54) is 24.0 Å². The minimum atomic E-state index is 0.526. The number of imidazole rings is 1. The molecule has 2 heterocycles. The van der Waals surface area contributed by atoms with Gasteiger partial charge in [0, 0.05) is 29.4 Å². The van der Waals surface area contributed by atoms with Crippen LogP contribution in [0.1, 0.15) is 42.0 Å². The van der Waals surface area contributed by atoms with Crippen LogP contribution in [0.5, 0.6) is 5.75 Å². The van der Waals surface area contributed by atoms with E-state index in [-0.39, 0.29) is 0 Å². The molecule has 5 rings (SSSR count). The van der Waals surface area contributed by atoms with Gasteiger partial charge in [-0.1, -0.05) is 35.9 Å². The molecule has 0 saturated carbocycles. The summed E-state index contributed by atoms with van der Waals surface area (Å²) >= 11 is 6.08. The molecule has 1 aliphatic rings. The van der Waals surface area contributed by atoms with Crippen molar-refractivity contribution in [3.8, 4) is 23.0 Å². The predicted octanol–water partition coefficient (Wildman–Crippen LogP) is 6.38. The first kappa shape index (κ1) is 20.8. The summed E-state index contributed by atoms with van der Waals surface area (Å²) in [6.07, 6.45) is 9.96. The maximum Gasteiger partial charge on any atom is 0.307 e. The zero-order valence-corrected chi connectivity index (χ0v) is 18.9. The highest BCUT2D eigenvalue weighted by atomic mass is 35.5. The van der Waals surface area contributed by atoms with Crippen molar-refractivity contribution in [3.05, 3.63) is 82.6 Å². The fourth-order valence-corrected chi connectivity index (χ4v) is 4.45. The second-order valence-corrected chi connectivity index (χ2v) is 8.61. The van der Waals surface area contributed by atoms with Crippen LogP contribution in [0, 0.1) is 6.92 Å². The molecule has 4 aromatic rings. The number of aromatic nitrogens is 3. The number of oxazole rings is 1. The Morgan fingerprint density at radius 1 is 1.09 bits per heavy atom. The zero-order valence-electron chi connectivity index (χ0n) is 18.2. The van der Waals surface area contributed by atoms with Crippen LogP contribution in [0.3, 0.4) is 0 Å². The second-order valence-electron chi connectivity index (χ2n) is 8.17. The van der Waals surface area contributed by atoms with Crippen LogP contribution in [0.4, 0.5) is 0 Å². The monoisotopic (exact) mass is 447 g/mol. The molecule has 0 N–H and O–H groups in total. The molecule has 2 aromatic carbocycles. The molecular weight excluding hydrogens is 422 g/mol. The van der Waals surface area contributed by atoms with Crippen LogP contribution >= 0.6 is 11.6 Å². The predicted molar refractivity (Wildman–Crippen MR) is 126 cm³/mol. The second kappa shape index (κ2) is 9.21. The van der Waals surface area contributed by atoms with Crippen molar-refractivity contribution in [1.29, 1.82) is 0 Å². The van der Waals surface area contributed by atoms with Crippen LogP contribution in [-0.2, 0) is 19.3 Å². The largest absolute Gasteiger partial charge is 0.493 e. The highest BCUT2D eigenvalue weighted by molar-refractivity contribution is 6.30. The molecule has 32 heavy (non-hydrogen) atoms. The lowest BCUT2D eigenvalue weighted by atomic mass is 9.91. The molecule has 6 heteroatoms. The third-order valence-electron chi connectivity index (χ3n) is 5.99. The van der Waals surface area contributed by atoms with E-state index in [0.29, 0.717) is 17.6 Å². The standard InChI is InChI=1S/C26H26ClN3O2/c1-18-28-15-16-30(18)26-29-25(20-11-13-21(27)14-12-20)24(32-26)10-5-17-31-23-9-4-7-19-6-2-3-8-22(19)23/h4,7,9,11-16H,2-3,5-6,8,10,17H2,1H3. The Bertz CT molecular complexity index is 1210. The van der Waals surface area contributed by atoms with Gasteiger partial charge in [-0.25, -0.2) is 4.98 Å². The molecular formula is C26H26ClN3O2. The molecule has 0 amide bonds. The maximum absolute atomic E-state index is 6.19. The number of hydrogen-bond donors (Lipinski definition) is 0. The summed E-state index contributed by atoms with van der Waals surface area (Å²) in [4.78, 5) is 9.07. The van der Waals surface area contributed by atoms with Gasteiger partial charge < -0.3 is 9.15 Å². The fourth-order valence-electron chi connectivity index (χ4n) is 4.32. The van der Waals surface area contributed by atoms with E-state index in [4.69, 9.17) is 25.7 Å². The van der Waals surface area contributed by atoms with Gasteiger partial charge in [-0.05, 0) is 68.4 Å². The van der Waals surface area contributed by atoms with Gasteiger partial charge in [-0.2, -0.15) is 4.98 Å². The van der Waals surface area contributed by atoms with Gasteiger partial charge >= 0.3 is 6.01 Å². The molecule has 0 bridgehead atoms. The summed E-state index contributed by atoms with van der Waals surface area (Å²) in [6, 6.07) is 14.7. The van der Waals surface area contributed by atoms with Crippen molar-refractivity contribution in [2.75, 3.05) is 6.61 Å². The Morgan fingerprint density at radius 3 is 2.75 bits per heavy atom. The van der Waals surface area contributed by atoms with Crippen LogP contribution in [0.2, 0.25) is 5.02 Å². The number of benzene rings is 2. The molecule has 0 aliphatic heterocycles. The average Bonchev–Trinajstić information content (AvgIpc) is 3.43. The van der Waals surface area contributed by atoms with E-state index in [0.717, 1.165) is 54.3 Å². The first-order valence-electron chi connectivity index (χ1n) is 11.2. The fraction of sp³-hybridized carbons (Fsp3) is 0.308. The van der Waals surface area contributed by atoms with Crippen LogP contribution < -0.4 is 4.74 Å². The first-order valence-corrected chi connectivity index (χ1v) is 11.6. The molecule has 2 aromatic heterocycles. The van der Waals surface area contributed by atoms with Gasteiger partial charge in [-0.3, -0.25) is 4.57 Å². The van der Waals surface area contributed by atoms with Crippen molar-refractivity contribution in [1.82, 2.24) is 14.5 Å². The first-order chi connectivity index (χ1) is 15.7. The third-order valence-corrected chi connectivity index (χ3v) is 6.25. The lowest BCUT2D eigenvalue weighted by Gasteiger charge is -2.19. The normalized spacial score (nSPS) is 13.2. The van der Waals surface area contributed by atoms with Crippen molar-refractivity contribution >= 4 is 11.6 Å². The lowest BCUT2D eigenvalue weighted by molar-refractivity contribution is 0.301. The van der Waals surface area contributed by atoms with Gasteiger partial charge in [0.15, 0.2) is 0 Å². The van der Waals surface area contributed by atoms with E-state index in [2.05, 4.69) is 23.2 Å². The third kappa shape index (κ3) is 4.30. The summed E-state index contributed by atoms with van der Waals surface area (Å²) in [5.41, 5.74) is 4.64. The number of halogens is 1. The molecule has 0 unspecified atom stereocenters. The van der Waals surface area contributed by atoms with E-state index in [1.54, 1.807) is 6.20 Å². The van der Waals surface area contributed by atoms with Crippen molar-refractivity contribution in [2.24, 2.45) is 0 Å². The molecule has 164 valence electrons. The van der Waals surface area contributed by atoms with E-state index in [1.807, 2.05) is 42.0 Å². The maximum atomic E-state index is 6.19. The number of ether oxygens (including phenoxy) is 1. The molecule has 0 fully saturated rings. The van der Waals surface area contributed by atoms with Gasteiger partial charge in [0.2, 0.25) is 0 Å². The van der Waals surface area contributed by atoms with E-state index >= 15 is 0 Å². The van der Waals surface area contributed by atoms with Crippen molar-refractivity contribution in [3.63, 3.8) is 0 Å². The minimum absolute atomic E-state index is 0.526. The molecule has 0 radical (unpaired) electrons. The Balaban J connectivity index is 1.33. The summed E-state index contributed by atoms with van der Waals surface area (Å²) in [7, 11) is 0. The summed E-state index contributed by atoms with van der Waals surface area (Å²) in [6.45, 7) is 2.57. The zero-order chi connectivity index (χ0) is 21.9. The number of aryl methyl sites for hydroxylation is 3. The summed E-state index contributed by atoms with van der Waals surface area (Å²) < 4.78 is 14.2. The highest BCUT2D eigenvalue weighted by Crippen LogP contribution is 2.31. The Kier molecular flexibility index (Phi) is 5.99. The van der Waals surface area contributed by atoms with E-state index < -0.39 is 0 Å². The number of fused-ring (bicyclic) bond motifs is 1. The van der Waals surface area contributed by atoms with Crippen molar-refractivity contribution < 1.29 is 9.15 Å². The summed E-state index contributed by atoms with van der Waals surface area (Å²) in [5, 5.41) is 0.698. The number of nitrogens with zero attached hydrogens (tertiary/aromatic N) is 3. The van der Waals surface area contributed by atoms with Crippen molar-refractivity contribution in [2.45, 2.75) is 45.4 Å². The molecule has 0 spiro atoms. The lowest BCUT2D eigenvalue weighted by Crippen LogP contribution is -2.07. The quantitative estimate of drug-likeness (QED) is 0.308. The van der Waals surface area contributed by atoms with Gasteiger partial charge in [0.1, 0.15) is 23.0 Å². The van der Waals surface area contributed by atoms with Crippen LogP contribution in [0.15, 0.2) is 59.3 Å². The molecule has 0 atom stereocenters. The van der Waals surface area contributed by atoms with E-state index in [9.17, 15) is 0 Å². The van der Waals surface area contributed by atoms with Gasteiger partial charge in [0.25, 0.3) is 0 Å². The smallest absolute Gasteiger partial charge is 0.307 e.